The molecule has 0 N–H and O–H groups in total. The van der Waals surface area contributed by atoms with Gasteiger partial charge in [-0.05, 0) is 68.3 Å². The number of nitrogens with zero attached hydrogens (tertiary/aromatic N) is 1. The van der Waals surface area contributed by atoms with E-state index in [0.717, 1.165) is 24.6 Å². The Hall–Kier alpha value is -4.36. The Morgan fingerprint density at radius 3 is 2.33 bits per heavy atom. The van der Waals surface area contributed by atoms with Crippen molar-refractivity contribution in [3.63, 3.8) is 0 Å². The van der Waals surface area contributed by atoms with Crippen LogP contribution in [-0.2, 0) is 19.1 Å². The van der Waals surface area contributed by atoms with E-state index >= 15 is 0 Å². The fourth-order valence-electron chi connectivity index (χ4n) is 4.70. The number of para-hydroxylation sites is 2. The zero-order valence-electron chi connectivity index (χ0n) is 24.6. The quantitative estimate of drug-likeness (QED) is 0.170. The number of carbonyl (C=O) groups excluding carboxylic acids is 3. The molecule has 0 radical (unpaired) electrons. The monoisotopic (exact) mass is 587 g/mol. The van der Waals surface area contributed by atoms with Gasteiger partial charge in [-0.15, -0.1) is 0 Å². The summed E-state index contributed by atoms with van der Waals surface area (Å²) in [5.41, 5.74) is 0.877. The molecule has 0 saturated carbocycles. The predicted octanol–water partition coefficient (Wildman–Crippen LogP) is 7.59. The van der Waals surface area contributed by atoms with Gasteiger partial charge in [-0.1, -0.05) is 61.7 Å². The van der Waals surface area contributed by atoms with Crippen LogP contribution in [0.3, 0.4) is 0 Å². The molecule has 7 nitrogen and oxygen atoms in total. The highest BCUT2D eigenvalue weighted by Gasteiger charge is 2.52. The Bertz CT molecular complexity index is 1560. The number of ether oxygens (including phenoxy) is 3. The number of rotatable bonds is 9. The lowest BCUT2D eigenvalue weighted by Gasteiger charge is -2.35. The Labute approximate surface area is 251 Å². The van der Waals surface area contributed by atoms with E-state index in [2.05, 4.69) is 19.9 Å². The molecule has 0 bridgehead atoms. The van der Waals surface area contributed by atoms with Crippen LogP contribution >= 0.6 is 11.6 Å². The second kappa shape index (κ2) is 12.7. The normalized spacial score (nSPS) is 19.8. The maximum absolute atomic E-state index is 13.6. The number of hydrogen-bond donors (Lipinski definition) is 0. The van der Waals surface area contributed by atoms with Crippen molar-refractivity contribution in [3.05, 3.63) is 106 Å². The van der Waals surface area contributed by atoms with Crippen molar-refractivity contribution < 1.29 is 28.6 Å². The van der Waals surface area contributed by atoms with Crippen LogP contribution in [0.25, 0.3) is 0 Å². The summed E-state index contributed by atoms with van der Waals surface area (Å²) in [5.74, 6) is 0.0339. The van der Waals surface area contributed by atoms with Gasteiger partial charge in [-0.2, -0.15) is 0 Å². The van der Waals surface area contributed by atoms with Gasteiger partial charge in [0.15, 0.2) is 11.5 Å². The second-order valence-electron chi connectivity index (χ2n) is 10.4. The van der Waals surface area contributed by atoms with Crippen molar-refractivity contribution in [2.45, 2.75) is 46.6 Å². The Morgan fingerprint density at radius 2 is 1.71 bits per heavy atom. The van der Waals surface area contributed by atoms with Gasteiger partial charge in [0.05, 0.1) is 12.1 Å². The second-order valence-corrected chi connectivity index (χ2v) is 10.7. The molecule has 0 saturated heterocycles. The summed E-state index contributed by atoms with van der Waals surface area (Å²) in [7, 11) is 1.58. The molecule has 8 heteroatoms. The molecule has 2 aromatic carbocycles. The third-order valence-corrected chi connectivity index (χ3v) is 7.51. The van der Waals surface area contributed by atoms with E-state index in [9.17, 15) is 14.4 Å². The van der Waals surface area contributed by atoms with E-state index in [1.807, 2.05) is 72.5 Å². The summed E-state index contributed by atoms with van der Waals surface area (Å²) in [6.45, 7) is 8.72. The molecule has 0 unspecified atom stereocenters. The molecule has 1 heterocycles. The van der Waals surface area contributed by atoms with Crippen LogP contribution in [0.1, 0.15) is 41.0 Å². The number of anilines is 1. The topological polar surface area (TPSA) is 82.1 Å². The number of allylic oxidation sites excluding steroid dienone is 6. The van der Waals surface area contributed by atoms with Gasteiger partial charge >= 0.3 is 5.97 Å². The van der Waals surface area contributed by atoms with Gasteiger partial charge in [0.1, 0.15) is 5.75 Å². The fraction of sp³-hybridized carbons (Fsp3) is 0.265. The number of esters is 1. The number of fused-ring (bicyclic) bond motifs is 1. The minimum absolute atomic E-state index is 0.164. The lowest BCUT2D eigenvalue weighted by Crippen LogP contribution is -2.52. The van der Waals surface area contributed by atoms with Crippen molar-refractivity contribution in [1.82, 2.24) is 0 Å². The maximum atomic E-state index is 13.6. The lowest BCUT2D eigenvalue weighted by atomic mass is 9.79. The highest BCUT2D eigenvalue weighted by Crippen LogP contribution is 2.41. The zero-order chi connectivity index (χ0) is 30.6. The van der Waals surface area contributed by atoms with E-state index in [0.29, 0.717) is 28.9 Å². The Morgan fingerprint density at radius 1 is 1.05 bits per heavy atom. The fourth-order valence-corrected chi connectivity index (χ4v) is 5.04. The van der Waals surface area contributed by atoms with Gasteiger partial charge < -0.3 is 19.1 Å². The van der Waals surface area contributed by atoms with Crippen LogP contribution in [0.5, 0.6) is 17.2 Å². The predicted molar refractivity (Wildman–Crippen MR) is 164 cm³/mol. The van der Waals surface area contributed by atoms with Gasteiger partial charge in [-0.3, -0.25) is 14.4 Å². The highest BCUT2D eigenvalue weighted by molar-refractivity contribution is 6.49. The summed E-state index contributed by atoms with van der Waals surface area (Å²) in [4.78, 5) is 40.4. The SMILES string of the molecule is CC[C@H](C)/C=C(C)/C=C/C1=CC2=C(Cl)C(=O)[C@](C)(OC(C)=O)C(=O)C2=CN1c1ccc(Oc2ccccc2OC)cc1. The first kappa shape index (κ1) is 30.6. The number of methoxy groups -OCH3 is 1. The van der Waals surface area contributed by atoms with Crippen molar-refractivity contribution in [3.8, 4) is 17.2 Å². The first-order valence-corrected chi connectivity index (χ1v) is 14.1. The number of benzene rings is 2. The third-order valence-electron chi connectivity index (χ3n) is 7.13. The van der Waals surface area contributed by atoms with Crippen molar-refractivity contribution in [1.29, 1.82) is 0 Å². The number of ketones is 2. The van der Waals surface area contributed by atoms with E-state index in [1.165, 1.54) is 6.92 Å². The molecule has 4 rings (SSSR count). The molecule has 0 amide bonds. The lowest BCUT2D eigenvalue weighted by molar-refractivity contribution is -0.167. The molecule has 1 aliphatic carbocycles. The molecular weight excluding hydrogens is 554 g/mol. The van der Waals surface area contributed by atoms with E-state index in [4.69, 9.17) is 25.8 Å². The van der Waals surface area contributed by atoms with Gasteiger partial charge in [-0.25, -0.2) is 0 Å². The molecule has 0 aromatic heterocycles. The number of hydrogen-bond acceptors (Lipinski definition) is 7. The van der Waals surface area contributed by atoms with Gasteiger partial charge in [0, 0.05) is 35.7 Å². The first-order chi connectivity index (χ1) is 20.0. The minimum atomic E-state index is -2.05. The van der Waals surface area contributed by atoms with E-state index in [1.54, 1.807) is 19.4 Å². The maximum Gasteiger partial charge on any atom is 0.304 e. The van der Waals surface area contributed by atoms with Crippen LogP contribution in [-0.4, -0.2) is 30.2 Å². The first-order valence-electron chi connectivity index (χ1n) is 13.7. The standard InChI is InChI=1S/C34H34ClNO6/c1-7-21(2)18-22(3)12-13-25-19-27-28(32(38)34(5,42-23(4)37)33(39)31(27)35)20-36(25)24-14-16-26(17-15-24)41-30-11-9-8-10-29(30)40-6/h8-21H,7H2,1-6H3/b13-12+,22-18+/t21-,34+/m0/s1. The number of halogens is 1. The molecule has 2 atom stereocenters. The largest absolute Gasteiger partial charge is 0.493 e. The van der Waals surface area contributed by atoms with Crippen molar-refractivity contribution in [2.75, 3.05) is 12.0 Å². The van der Waals surface area contributed by atoms with Crippen LogP contribution < -0.4 is 14.4 Å². The summed E-state index contributed by atoms with van der Waals surface area (Å²) >= 11 is 6.53. The van der Waals surface area contributed by atoms with E-state index in [-0.39, 0.29) is 16.2 Å². The van der Waals surface area contributed by atoms with E-state index < -0.39 is 23.1 Å². The molecule has 0 spiro atoms. The molecule has 42 heavy (non-hydrogen) atoms. The molecule has 0 fully saturated rings. The summed E-state index contributed by atoms with van der Waals surface area (Å²) in [6.07, 6.45) is 10.4. The average Bonchev–Trinajstić information content (AvgIpc) is 2.98. The Kier molecular flexibility index (Phi) is 9.22. The molecule has 2 aliphatic rings. The number of Topliss-reactive ketones (excluding diaryl/α,β-unsaturated/α-hetero) is 2. The van der Waals surface area contributed by atoms with Crippen LogP contribution in [0.15, 0.2) is 106 Å². The van der Waals surface area contributed by atoms with Crippen LogP contribution in [0.2, 0.25) is 0 Å². The van der Waals surface area contributed by atoms with Crippen molar-refractivity contribution >= 4 is 34.8 Å². The molecule has 1 aliphatic heterocycles. The van der Waals surface area contributed by atoms with Crippen molar-refractivity contribution in [2.24, 2.45) is 5.92 Å². The number of carbonyl (C=O) groups is 3. The van der Waals surface area contributed by atoms with Gasteiger partial charge in [0.2, 0.25) is 17.2 Å². The summed E-state index contributed by atoms with van der Waals surface area (Å²) in [6, 6.07) is 14.7. The van der Waals surface area contributed by atoms with Gasteiger partial charge in [0.25, 0.3) is 0 Å². The molecular formula is C34H34ClNO6. The highest BCUT2D eigenvalue weighted by atomic mass is 35.5. The zero-order valence-corrected chi connectivity index (χ0v) is 25.3. The average molecular weight is 588 g/mol. The van der Waals surface area contributed by atoms with Crippen LogP contribution in [0.4, 0.5) is 5.69 Å². The third kappa shape index (κ3) is 6.26. The summed E-state index contributed by atoms with van der Waals surface area (Å²) < 4.78 is 16.6. The van der Waals surface area contributed by atoms with Crippen LogP contribution in [0, 0.1) is 5.92 Å². The molecule has 2 aromatic rings. The minimum Gasteiger partial charge on any atom is -0.493 e. The smallest absolute Gasteiger partial charge is 0.304 e. The molecule has 218 valence electrons. The Balaban J connectivity index is 1.77. The summed E-state index contributed by atoms with van der Waals surface area (Å²) in [5, 5.41) is -0.164.